The second-order valence-electron chi connectivity index (χ2n) is 6.82. The normalized spacial score (nSPS) is 14.1. The average Bonchev–Trinajstić information content (AvgIpc) is 3.22. The Kier molecular flexibility index (Phi) is 5.89. The average molecular weight is 429 g/mol. The lowest BCUT2D eigenvalue weighted by atomic mass is 10.1. The van der Waals surface area contributed by atoms with Crippen LogP contribution in [-0.2, 0) is 4.74 Å². The number of hydrogen-bond donors (Lipinski definition) is 0. The fourth-order valence-corrected chi connectivity index (χ4v) is 4.38. The molecule has 4 rings (SSSR count). The van der Waals surface area contributed by atoms with Crippen molar-refractivity contribution >= 4 is 33.7 Å². The zero-order chi connectivity index (χ0) is 21.1. The van der Waals surface area contributed by atoms with E-state index in [4.69, 9.17) is 19.2 Å². The van der Waals surface area contributed by atoms with Crippen molar-refractivity contribution in [2.45, 2.75) is 6.92 Å². The predicted molar refractivity (Wildman–Crippen MR) is 117 cm³/mol. The summed E-state index contributed by atoms with van der Waals surface area (Å²) < 4.78 is 20.4. The number of ether oxygens (including phenoxy) is 3. The molecule has 30 heavy (non-hydrogen) atoms. The summed E-state index contributed by atoms with van der Waals surface area (Å²) in [6.07, 6.45) is 1.61. The highest BCUT2D eigenvalue weighted by Gasteiger charge is 2.24. The molecule has 0 spiro atoms. The van der Waals surface area contributed by atoms with Gasteiger partial charge in [-0.2, -0.15) is 4.37 Å². The van der Waals surface area contributed by atoms with Gasteiger partial charge in [0.05, 0.1) is 20.8 Å². The summed E-state index contributed by atoms with van der Waals surface area (Å²) in [5.41, 5.74) is 3.69. The number of aromatic nitrogens is 2. The molecule has 0 atom stereocenters. The molecule has 0 unspecified atom stereocenters. The van der Waals surface area contributed by atoms with Gasteiger partial charge in [-0.1, -0.05) is 6.07 Å². The lowest BCUT2D eigenvalue weighted by Crippen LogP contribution is -2.48. The van der Waals surface area contributed by atoms with E-state index in [1.165, 1.54) is 11.5 Å². The smallest absolute Gasteiger partial charge is 0.409 e. The zero-order valence-electron chi connectivity index (χ0n) is 17.3. The van der Waals surface area contributed by atoms with Gasteiger partial charge in [0.25, 0.3) is 0 Å². The van der Waals surface area contributed by atoms with E-state index in [9.17, 15) is 4.79 Å². The number of piperazine rings is 1. The molecule has 0 radical (unpaired) electrons. The summed E-state index contributed by atoms with van der Waals surface area (Å²) in [6, 6.07) is 7.84. The van der Waals surface area contributed by atoms with Crippen molar-refractivity contribution in [2.24, 2.45) is 0 Å². The van der Waals surface area contributed by atoms with Crippen molar-refractivity contribution in [3.8, 4) is 22.6 Å². The van der Waals surface area contributed by atoms with Crippen molar-refractivity contribution in [2.75, 3.05) is 51.9 Å². The van der Waals surface area contributed by atoms with Crippen LogP contribution in [0.25, 0.3) is 22.2 Å². The first-order valence-corrected chi connectivity index (χ1v) is 10.6. The van der Waals surface area contributed by atoms with Crippen LogP contribution in [0.15, 0.2) is 30.5 Å². The van der Waals surface area contributed by atoms with Gasteiger partial charge < -0.3 is 24.0 Å². The molecule has 158 valence electrons. The van der Waals surface area contributed by atoms with Crippen molar-refractivity contribution in [1.82, 2.24) is 14.3 Å². The van der Waals surface area contributed by atoms with Crippen LogP contribution in [0, 0.1) is 0 Å². The minimum Gasteiger partial charge on any atom is -0.493 e. The lowest BCUT2D eigenvalue weighted by Gasteiger charge is -2.34. The summed E-state index contributed by atoms with van der Waals surface area (Å²) in [4.78, 5) is 20.6. The number of methoxy groups -OCH3 is 2. The Bertz CT molecular complexity index is 1050. The number of amides is 1. The minimum atomic E-state index is -0.246. The molecule has 3 aromatic rings. The largest absolute Gasteiger partial charge is 0.493 e. The third kappa shape index (κ3) is 3.85. The molecule has 1 aromatic carbocycles. The molecule has 1 aliphatic heterocycles. The molecule has 1 saturated heterocycles. The highest BCUT2D eigenvalue weighted by Crippen LogP contribution is 2.35. The topological polar surface area (TPSA) is 77.0 Å². The van der Waals surface area contributed by atoms with Gasteiger partial charge in [-0.25, -0.2) is 4.79 Å². The first-order chi connectivity index (χ1) is 14.6. The second kappa shape index (κ2) is 8.74. The molecule has 1 fully saturated rings. The highest BCUT2D eigenvalue weighted by molar-refractivity contribution is 7.11. The highest BCUT2D eigenvalue weighted by atomic mass is 32.1. The molecule has 0 saturated carbocycles. The van der Waals surface area contributed by atoms with Gasteiger partial charge in [-0.05, 0) is 42.2 Å². The van der Waals surface area contributed by atoms with E-state index in [2.05, 4.69) is 9.27 Å². The maximum Gasteiger partial charge on any atom is 0.409 e. The number of nitrogens with zero attached hydrogens (tertiary/aromatic N) is 4. The van der Waals surface area contributed by atoms with E-state index >= 15 is 0 Å². The number of pyridine rings is 1. The third-order valence-corrected chi connectivity index (χ3v) is 6.02. The van der Waals surface area contributed by atoms with Gasteiger partial charge in [-0.15, -0.1) is 0 Å². The van der Waals surface area contributed by atoms with Crippen molar-refractivity contribution in [3.05, 3.63) is 30.5 Å². The number of fused-ring (bicyclic) bond motifs is 1. The molecule has 9 heteroatoms. The fourth-order valence-electron chi connectivity index (χ4n) is 3.51. The number of carbonyl (C=O) groups excluding carboxylic acids is 1. The van der Waals surface area contributed by atoms with Crippen LogP contribution < -0.4 is 14.4 Å². The Labute approximate surface area is 179 Å². The van der Waals surface area contributed by atoms with Gasteiger partial charge in [0.2, 0.25) is 0 Å². The van der Waals surface area contributed by atoms with Crippen molar-refractivity contribution in [1.29, 1.82) is 0 Å². The number of benzene rings is 1. The van der Waals surface area contributed by atoms with E-state index in [1.807, 2.05) is 37.4 Å². The summed E-state index contributed by atoms with van der Waals surface area (Å²) >= 11 is 1.44. The van der Waals surface area contributed by atoms with E-state index < -0.39 is 0 Å². The van der Waals surface area contributed by atoms with Gasteiger partial charge in [0.1, 0.15) is 16.0 Å². The quantitative estimate of drug-likeness (QED) is 0.614. The predicted octanol–water partition coefficient (Wildman–Crippen LogP) is 3.65. The van der Waals surface area contributed by atoms with Crippen LogP contribution in [0.4, 0.5) is 9.80 Å². The monoisotopic (exact) mass is 428 g/mol. The van der Waals surface area contributed by atoms with Crippen molar-refractivity contribution in [3.63, 3.8) is 0 Å². The van der Waals surface area contributed by atoms with Crippen LogP contribution in [0.1, 0.15) is 6.92 Å². The zero-order valence-corrected chi connectivity index (χ0v) is 18.1. The van der Waals surface area contributed by atoms with Crippen LogP contribution in [0.3, 0.4) is 0 Å². The molecule has 0 bridgehead atoms. The summed E-state index contributed by atoms with van der Waals surface area (Å²) in [5.74, 6) is 1.36. The summed E-state index contributed by atoms with van der Waals surface area (Å²) in [7, 11) is 3.24. The molecular formula is C21H24N4O4S. The van der Waals surface area contributed by atoms with Crippen molar-refractivity contribution < 1.29 is 19.0 Å². The lowest BCUT2D eigenvalue weighted by molar-refractivity contribution is 0.105. The number of hydrogen-bond acceptors (Lipinski definition) is 8. The second-order valence-corrected chi connectivity index (χ2v) is 7.57. The van der Waals surface area contributed by atoms with E-state index in [-0.39, 0.29) is 6.09 Å². The summed E-state index contributed by atoms with van der Waals surface area (Å²) in [6.45, 7) is 4.93. The van der Waals surface area contributed by atoms with Gasteiger partial charge in [-0.3, -0.25) is 4.98 Å². The fraction of sp³-hybridized carbons (Fsp3) is 0.381. The third-order valence-electron chi connectivity index (χ3n) is 5.11. The Morgan fingerprint density at radius 3 is 2.53 bits per heavy atom. The summed E-state index contributed by atoms with van der Waals surface area (Å²) in [5, 5.41) is 1.03. The van der Waals surface area contributed by atoms with E-state index in [1.54, 1.807) is 19.1 Å². The number of rotatable bonds is 5. The maximum atomic E-state index is 11.9. The SMILES string of the molecule is CCOC(=O)N1CCN(c2snc3cc(-c4ccc(OC)c(OC)c4)cnc23)CC1. The standard InChI is InChI=1S/C21H24N4O4S/c1-4-29-21(26)25-9-7-24(8-10-25)20-19-16(23-30-20)11-15(13-22-19)14-5-6-17(27-2)18(12-14)28-3/h5-6,11-13H,4,7-10H2,1-3H3. The Morgan fingerprint density at radius 2 is 1.83 bits per heavy atom. The molecule has 2 aromatic heterocycles. The van der Waals surface area contributed by atoms with E-state index in [0.717, 1.165) is 40.3 Å². The molecular weight excluding hydrogens is 404 g/mol. The molecule has 0 aliphatic carbocycles. The van der Waals surface area contributed by atoms with E-state index in [0.29, 0.717) is 31.2 Å². The Balaban J connectivity index is 1.54. The maximum absolute atomic E-state index is 11.9. The number of anilines is 1. The molecule has 0 N–H and O–H groups in total. The van der Waals surface area contributed by atoms with Gasteiger partial charge in [0.15, 0.2) is 11.5 Å². The van der Waals surface area contributed by atoms with Crippen LogP contribution in [0.2, 0.25) is 0 Å². The Morgan fingerprint density at radius 1 is 1.07 bits per heavy atom. The van der Waals surface area contributed by atoms with Crippen LogP contribution >= 0.6 is 11.5 Å². The first-order valence-electron chi connectivity index (χ1n) is 9.79. The minimum absolute atomic E-state index is 0.246. The van der Waals surface area contributed by atoms with Gasteiger partial charge in [0, 0.05) is 37.9 Å². The molecule has 8 nitrogen and oxygen atoms in total. The first kappa shape index (κ1) is 20.2. The molecule has 1 amide bonds. The van der Waals surface area contributed by atoms with Crippen LogP contribution in [0.5, 0.6) is 11.5 Å². The number of carbonyl (C=O) groups is 1. The van der Waals surface area contributed by atoms with Crippen LogP contribution in [-0.4, -0.2) is 67.4 Å². The van der Waals surface area contributed by atoms with Gasteiger partial charge >= 0.3 is 6.09 Å². The molecule has 1 aliphatic rings. The molecule has 3 heterocycles. The Hall–Kier alpha value is -3.07.